The molecule has 254 valence electrons. The highest BCUT2D eigenvalue weighted by atomic mass is 16.3. The largest absolute Gasteiger partial charge is 0.455 e. The number of rotatable bonds is 7. The van der Waals surface area contributed by atoms with Gasteiger partial charge in [0.15, 0.2) is 0 Å². The first-order valence-electron chi connectivity index (χ1n) is 18.4. The van der Waals surface area contributed by atoms with Crippen molar-refractivity contribution in [3.8, 4) is 44.5 Å². The van der Waals surface area contributed by atoms with E-state index in [1.54, 1.807) is 0 Å². The van der Waals surface area contributed by atoms with Gasteiger partial charge in [0.25, 0.3) is 0 Å². The second-order valence-corrected chi connectivity index (χ2v) is 13.7. The van der Waals surface area contributed by atoms with E-state index in [9.17, 15) is 0 Å². The van der Waals surface area contributed by atoms with Crippen LogP contribution in [-0.2, 0) is 0 Å². The van der Waals surface area contributed by atoms with Crippen molar-refractivity contribution in [2.24, 2.45) is 0 Å². The molecule has 2 heteroatoms. The van der Waals surface area contributed by atoms with Crippen molar-refractivity contribution in [2.75, 3.05) is 4.90 Å². The van der Waals surface area contributed by atoms with Crippen molar-refractivity contribution in [1.82, 2.24) is 0 Å². The van der Waals surface area contributed by atoms with Crippen LogP contribution in [-0.4, -0.2) is 0 Å². The molecular weight excluding hydrogens is 655 g/mol. The van der Waals surface area contributed by atoms with Gasteiger partial charge < -0.3 is 9.32 Å². The molecule has 0 saturated carbocycles. The lowest BCUT2D eigenvalue weighted by Gasteiger charge is -2.28. The highest BCUT2D eigenvalue weighted by Gasteiger charge is 2.19. The van der Waals surface area contributed by atoms with E-state index in [0.29, 0.717) is 0 Å². The van der Waals surface area contributed by atoms with E-state index in [1.165, 1.54) is 38.8 Å². The molecule has 0 amide bonds. The maximum atomic E-state index is 6.63. The molecule has 10 rings (SSSR count). The van der Waals surface area contributed by atoms with E-state index in [2.05, 4.69) is 217 Å². The Hall–Kier alpha value is -7.16. The quantitative estimate of drug-likeness (QED) is 0.166. The number of fused-ring (bicyclic) bond motifs is 5. The molecule has 0 saturated heterocycles. The molecule has 0 N–H and O–H groups in total. The summed E-state index contributed by atoms with van der Waals surface area (Å²) in [7, 11) is 0. The molecule has 1 aromatic heterocycles. The van der Waals surface area contributed by atoms with Crippen molar-refractivity contribution in [2.45, 2.75) is 0 Å². The molecule has 1 heterocycles. The highest BCUT2D eigenvalue weighted by Crippen LogP contribution is 2.43. The lowest BCUT2D eigenvalue weighted by Crippen LogP contribution is -2.11. The molecule has 0 spiro atoms. The number of furan rings is 1. The Bertz CT molecular complexity index is 2890. The van der Waals surface area contributed by atoms with Crippen LogP contribution in [0, 0.1) is 0 Å². The summed E-state index contributed by atoms with van der Waals surface area (Å²) in [4.78, 5) is 2.36. The third-order valence-electron chi connectivity index (χ3n) is 10.5. The van der Waals surface area contributed by atoms with E-state index >= 15 is 0 Å². The van der Waals surface area contributed by atoms with Gasteiger partial charge >= 0.3 is 0 Å². The normalized spacial score (nSPS) is 11.3. The minimum Gasteiger partial charge on any atom is -0.455 e. The molecule has 0 bridgehead atoms. The van der Waals surface area contributed by atoms with E-state index in [-0.39, 0.29) is 0 Å². The summed E-state index contributed by atoms with van der Waals surface area (Å²) in [6.07, 6.45) is 0. The van der Waals surface area contributed by atoms with Crippen LogP contribution in [0.2, 0.25) is 0 Å². The van der Waals surface area contributed by atoms with Crippen LogP contribution in [0.4, 0.5) is 17.1 Å². The molecule has 0 fully saturated rings. The topological polar surface area (TPSA) is 16.4 Å². The predicted octanol–water partition coefficient (Wildman–Crippen LogP) is 14.9. The molecule has 9 aromatic carbocycles. The Labute approximate surface area is 314 Å². The fraction of sp³-hybridized carbons (Fsp3) is 0. The number of hydrogen-bond acceptors (Lipinski definition) is 2. The third kappa shape index (κ3) is 5.71. The maximum absolute atomic E-state index is 6.63. The highest BCUT2D eigenvalue weighted by molar-refractivity contribution is 6.15. The van der Waals surface area contributed by atoms with Gasteiger partial charge in [0.1, 0.15) is 11.2 Å². The summed E-state index contributed by atoms with van der Waals surface area (Å²) in [6.45, 7) is 0. The average molecular weight is 690 g/mol. The van der Waals surface area contributed by atoms with Gasteiger partial charge in [-0.3, -0.25) is 0 Å². The summed E-state index contributed by atoms with van der Waals surface area (Å²) in [6, 6.07) is 75.8. The fourth-order valence-corrected chi connectivity index (χ4v) is 7.73. The predicted molar refractivity (Wildman–Crippen MR) is 228 cm³/mol. The Morgan fingerprint density at radius 2 is 0.778 bits per heavy atom. The summed E-state index contributed by atoms with van der Waals surface area (Å²) in [5.41, 5.74) is 14.5. The van der Waals surface area contributed by atoms with Crippen molar-refractivity contribution in [3.05, 3.63) is 212 Å². The minimum atomic E-state index is 0.884. The van der Waals surface area contributed by atoms with Gasteiger partial charge in [0.05, 0.1) is 5.69 Å². The standard InChI is InChI=1S/C52H35NO/c1-3-11-36(12-4-1)38-19-21-39(22-20-38)41-25-31-45(32-26-41)53(44-29-23-40(24-30-44)37-13-5-2-6-14-37)50-18-10-9-16-46(50)43-28-33-48-49-34-27-42-15-7-8-17-47(42)52(49)54-51(48)35-43/h1-35H. The number of nitrogens with zero attached hydrogens (tertiary/aromatic N) is 1. The summed E-state index contributed by atoms with van der Waals surface area (Å²) < 4.78 is 6.63. The van der Waals surface area contributed by atoms with Crippen LogP contribution >= 0.6 is 0 Å². The van der Waals surface area contributed by atoms with Gasteiger partial charge in [-0.2, -0.15) is 0 Å². The molecular formula is C52H35NO. The average Bonchev–Trinajstić information content (AvgIpc) is 3.64. The lowest BCUT2D eigenvalue weighted by molar-refractivity contribution is 0.673. The van der Waals surface area contributed by atoms with Crippen LogP contribution in [0.15, 0.2) is 217 Å². The molecule has 0 aliphatic heterocycles. The molecule has 0 aliphatic carbocycles. The summed E-state index contributed by atoms with van der Waals surface area (Å²) >= 11 is 0. The Morgan fingerprint density at radius 3 is 1.39 bits per heavy atom. The van der Waals surface area contributed by atoms with Crippen molar-refractivity contribution >= 4 is 49.8 Å². The minimum absolute atomic E-state index is 0.884. The number of anilines is 3. The van der Waals surface area contributed by atoms with Crippen LogP contribution in [0.5, 0.6) is 0 Å². The van der Waals surface area contributed by atoms with E-state index < -0.39 is 0 Å². The molecule has 0 unspecified atom stereocenters. The Kier molecular flexibility index (Phi) is 7.85. The molecule has 0 atom stereocenters. The van der Waals surface area contributed by atoms with Gasteiger partial charge in [-0.1, -0.05) is 164 Å². The number of para-hydroxylation sites is 1. The van der Waals surface area contributed by atoms with Gasteiger partial charge in [-0.25, -0.2) is 0 Å². The maximum Gasteiger partial charge on any atom is 0.143 e. The van der Waals surface area contributed by atoms with Crippen molar-refractivity contribution in [1.29, 1.82) is 0 Å². The monoisotopic (exact) mass is 689 g/mol. The Balaban J connectivity index is 1.07. The first kappa shape index (κ1) is 31.6. The zero-order chi connectivity index (χ0) is 35.8. The summed E-state index contributed by atoms with van der Waals surface area (Å²) in [5.74, 6) is 0. The van der Waals surface area contributed by atoms with Gasteiger partial charge in [-0.05, 0) is 92.9 Å². The molecule has 2 nitrogen and oxygen atoms in total. The van der Waals surface area contributed by atoms with Crippen LogP contribution in [0.1, 0.15) is 0 Å². The molecule has 54 heavy (non-hydrogen) atoms. The second kappa shape index (κ2) is 13.4. The van der Waals surface area contributed by atoms with E-state index in [4.69, 9.17) is 4.42 Å². The van der Waals surface area contributed by atoms with Crippen molar-refractivity contribution in [3.63, 3.8) is 0 Å². The lowest BCUT2D eigenvalue weighted by atomic mass is 9.98. The third-order valence-corrected chi connectivity index (χ3v) is 10.5. The van der Waals surface area contributed by atoms with Gasteiger partial charge in [0.2, 0.25) is 0 Å². The molecule has 10 aromatic rings. The smallest absolute Gasteiger partial charge is 0.143 e. The second-order valence-electron chi connectivity index (χ2n) is 13.7. The zero-order valence-electron chi connectivity index (χ0n) is 29.6. The molecule has 0 aliphatic rings. The number of hydrogen-bond donors (Lipinski definition) is 0. The SMILES string of the molecule is c1ccc(-c2ccc(-c3ccc(N(c4ccc(-c5ccccc5)cc4)c4ccccc4-c4ccc5c(c4)oc4c6ccccc6ccc54)cc3)cc2)cc1. The van der Waals surface area contributed by atoms with Gasteiger partial charge in [-0.15, -0.1) is 0 Å². The van der Waals surface area contributed by atoms with Crippen molar-refractivity contribution < 1.29 is 4.42 Å². The number of benzene rings is 9. The first-order chi connectivity index (χ1) is 26.8. The fourth-order valence-electron chi connectivity index (χ4n) is 7.73. The first-order valence-corrected chi connectivity index (χ1v) is 18.4. The zero-order valence-corrected chi connectivity index (χ0v) is 29.6. The van der Waals surface area contributed by atoms with Crippen LogP contribution in [0.3, 0.4) is 0 Å². The Morgan fingerprint density at radius 1 is 0.315 bits per heavy atom. The summed E-state index contributed by atoms with van der Waals surface area (Å²) in [5, 5.41) is 4.57. The van der Waals surface area contributed by atoms with Crippen LogP contribution < -0.4 is 4.90 Å². The van der Waals surface area contributed by atoms with Gasteiger partial charge in [0, 0.05) is 33.1 Å². The van der Waals surface area contributed by atoms with Crippen LogP contribution in [0.25, 0.3) is 77.2 Å². The van der Waals surface area contributed by atoms with E-state index in [1.807, 2.05) is 0 Å². The van der Waals surface area contributed by atoms with E-state index in [0.717, 1.165) is 55.5 Å². The molecule has 0 radical (unpaired) electrons.